The molecular formula is C7H8N4. The first kappa shape index (κ1) is 6.27. The summed E-state index contributed by atoms with van der Waals surface area (Å²) in [6.45, 7) is 2.06. The number of hydrogen-bond donors (Lipinski definition) is 0. The highest BCUT2D eigenvalue weighted by atomic mass is 15.1. The van der Waals surface area contributed by atoms with Gasteiger partial charge in [0.1, 0.15) is 18.5 Å². The summed E-state index contributed by atoms with van der Waals surface area (Å²) in [7, 11) is 0. The van der Waals surface area contributed by atoms with Crippen LogP contribution in [-0.2, 0) is 6.42 Å². The molecule has 0 bridgehead atoms. The minimum atomic E-state index is 0.858. The lowest BCUT2D eigenvalue weighted by Gasteiger charge is -1.93. The van der Waals surface area contributed by atoms with E-state index < -0.39 is 0 Å². The minimum absolute atomic E-state index is 0.858. The van der Waals surface area contributed by atoms with Crippen molar-refractivity contribution < 1.29 is 0 Å². The van der Waals surface area contributed by atoms with Crippen LogP contribution >= 0.6 is 0 Å². The van der Waals surface area contributed by atoms with Crippen molar-refractivity contribution in [3.8, 4) is 0 Å². The first-order valence-electron chi connectivity index (χ1n) is 3.53. The standard InChI is InChI=1S/C7H8N4/c1-2-6-9-3-7-10-4-8-5-11(6)7/h3-5H,2H2,1H3. The summed E-state index contributed by atoms with van der Waals surface area (Å²) < 4.78 is 1.89. The van der Waals surface area contributed by atoms with Gasteiger partial charge in [0, 0.05) is 6.42 Å². The second-order valence-corrected chi connectivity index (χ2v) is 2.27. The zero-order valence-electron chi connectivity index (χ0n) is 6.23. The molecule has 0 spiro atoms. The summed E-state index contributed by atoms with van der Waals surface area (Å²) >= 11 is 0. The average Bonchev–Trinajstić information content (AvgIpc) is 2.47. The Labute approximate surface area is 63.9 Å². The maximum Gasteiger partial charge on any atom is 0.159 e. The van der Waals surface area contributed by atoms with E-state index in [4.69, 9.17) is 0 Å². The van der Waals surface area contributed by atoms with Crippen LogP contribution in [-0.4, -0.2) is 19.4 Å². The van der Waals surface area contributed by atoms with Crippen molar-refractivity contribution in [2.24, 2.45) is 0 Å². The van der Waals surface area contributed by atoms with E-state index >= 15 is 0 Å². The van der Waals surface area contributed by atoms with Crippen LogP contribution in [0.1, 0.15) is 12.7 Å². The van der Waals surface area contributed by atoms with Crippen LogP contribution in [0.4, 0.5) is 0 Å². The third-order valence-corrected chi connectivity index (χ3v) is 1.61. The Morgan fingerprint density at radius 2 is 2.36 bits per heavy atom. The topological polar surface area (TPSA) is 43.1 Å². The van der Waals surface area contributed by atoms with Crippen LogP contribution in [0.3, 0.4) is 0 Å². The minimum Gasteiger partial charge on any atom is -0.271 e. The average molecular weight is 148 g/mol. The van der Waals surface area contributed by atoms with E-state index in [1.807, 2.05) is 4.40 Å². The fourth-order valence-electron chi connectivity index (χ4n) is 1.06. The summed E-state index contributed by atoms with van der Waals surface area (Å²) in [5, 5.41) is 0. The van der Waals surface area contributed by atoms with Gasteiger partial charge in [0.15, 0.2) is 5.65 Å². The molecule has 2 rings (SSSR count). The quantitative estimate of drug-likeness (QED) is 0.597. The molecule has 0 atom stereocenters. The van der Waals surface area contributed by atoms with Crippen LogP contribution in [0.25, 0.3) is 5.65 Å². The van der Waals surface area contributed by atoms with Gasteiger partial charge in [0.05, 0.1) is 6.20 Å². The van der Waals surface area contributed by atoms with E-state index in [2.05, 4.69) is 21.9 Å². The van der Waals surface area contributed by atoms with Gasteiger partial charge in [0.2, 0.25) is 0 Å². The van der Waals surface area contributed by atoms with Gasteiger partial charge in [-0.05, 0) is 0 Å². The molecule has 0 amide bonds. The smallest absolute Gasteiger partial charge is 0.159 e. The maximum absolute atomic E-state index is 4.17. The molecule has 2 aromatic rings. The summed E-state index contributed by atoms with van der Waals surface area (Å²) in [5.41, 5.74) is 0.858. The third kappa shape index (κ3) is 0.869. The van der Waals surface area contributed by atoms with Crippen molar-refractivity contribution in [3.05, 3.63) is 24.7 Å². The van der Waals surface area contributed by atoms with Crippen molar-refractivity contribution >= 4 is 5.65 Å². The van der Waals surface area contributed by atoms with Gasteiger partial charge >= 0.3 is 0 Å². The number of hydrogen-bond acceptors (Lipinski definition) is 3. The predicted octanol–water partition coefficient (Wildman–Crippen LogP) is 0.687. The SMILES string of the molecule is CCc1ncc2ncncn12. The monoisotopic (exact) mass is 148 g/mol. The fourth-order valence-corrected chi connectivity index (χ4v) is 1.06. The molecule has 0 aromatic carbocycles. The van der Waals surface area contributed by atoms with Crippen LogP contribution in [0.5, 0.6) is 0 Å². The number of aryl methyl sites for hydroxylation is 1. The van der Waals surface area contributed by atoms with Crippen LogP contribution in [0.2, 0.25) is 0 Å². The van der Waals surface area contributed by atoms with Gasteiger partial charge in [-0.3, -0.25) is 4.40 Å². The Morgan fingerprint density at radius 3 is 3.18 bits per heavy atom. The molecule has 0 saturated carbocycles. The van der Waals surface area contributed by atoms with Crippen molar-refractivity contribution in [2.75, 3.05) is 0 Å². The molecule has 0 fully saturated rings. The van der Waals surface area contributed by atoms with Gasteiger partial charge in [-0.2, -0.15) is 0 Å². The first-order valence-corrected chi connectivity index (χ1v) is 3.53. The first-order chi connectivity index (χ1) is 5.42. The molecule has 0 aliphatic heterocycles. The van der Waals surface area contributed by atoms with Crippen molar-refractivity contribution in [2.45, 2.75) is 13.3 Å². The van der Waals surface area contributed by atoms with Gasteiger partial charge in [-0.25, -0.2) is 15.0 Å². The Hall–Kier alpha value is -1.45. The highest BCUT2D eigenvalue weighted by Gasteiger charge is 1.99. The molecular weight excluding hydrogens is 140 g/mol. The van der Waals surface area contributed by atoms with Crippen molar-refractivity contribution in [1.29, 1.82) is 0 Å². The molecule has 11 heavy (non-hydrogen) atoms. The normalized spacial score (nSPS) is 10.6. The molecule has 4 heteroatoms. The molecule has 0 unspecified atom stereocenters. The van der Waals surface area contributed by atoms with E-state index in [0.29, 0.717) is 0 Å². The molecule has 0 N–H and O–H groups in total. The predicted molar refractivity (Wildman–Crippen MR) is 40.2 cm³/mol. The van der Waals surface area contributed by atoms with E-state index in [9.17, 15) is 0 Å². The van der Waals surface area contributed by atoms with Crippen molar-refractivity contribution in [1.82, 2.24) is 19.4 Å². The number of nitrogens with zero attached hydrogens (tertiary/aromatic N) is 4. The lowest BCUT2D eigenvalue weighted by molar-refractivity contribution is 0.897. The molecule has 2 aromatic heterocycles. The van der Waals surface area contributed by atoms with Gasteiger partial charge < -0.3 is 0 Å². The van der Waals surface area contributed by atoms with E-state index in [-0.39, 0.29) is 0 Å². The zero-order valence-corrected chi connectivity index (χ0v) is 6.23. The highest BCUT2D eigenvalue weighted by Crippen LogP contribution is 2.01. The largest absolute Gasteiger partial charge is 0.271 e. The fraction of sp³-hybridized carbons (Fsp3) is 0.286. The maximum atomic E-state index is 4.17. The third-order valence-electron chi connectivity index (χ3n) is 1.61. The number of aromatic nitrogens is 4. The zero-order chi connectivity index (χ0) is 7.68. The lowest BCUT2D eigenvalue weighted by Crippen LogP contribution is -1.94. The Morgan fingerprint density at radius 1 is 1.45 bits per heavy atom. The second kappa shape index (κ2) is 2.30. The molecule has 2 heterocycles. The number of rotatable bonds is 1. The molecule has 56 valence electrons. The van der Waals surface area contributed by atoms with Crippen LogP contribution in [0.15, 0.2) is 18.9 Å². The van der Waals surface area contributed by atoms with Crippen LogP contribution < -0.4 is 0 Å². The van der Waals surface area contributed by atoms with E-state index in [1.165, 1.54) is 6.33 Å². The van der Waals surface area contributed by atoms with E-state index in [1.54, 1.807) is 12.5 Å². The summed E-state index contributed by atoms with van der Waals surface area (Å²) in [6, 6.07) is 0. The molecule has 0 saturated heterocycles. The van der Waals surface area contributed by atoms with Crippen LogP contribution in [0, 0.1) is 0 Å². The highest BCUT2D eigenvalue weighted by molar-refractivity contribution is 5.34. The lowest BCUT2D eigenvalue weighted by atomic mass is 10.5. The summed E-state index contributed by atoms with van der Waals surface area (Å²) in [6.07, 6.45) is 5.91. The second-order valence-electron chi connectivity index (χ2n) is 2.27. The summed E-state index contributed by atoms with van der Waals surface area (Å²) in [5.74, 6) is 1.00. The summed E-state index contributed by atoms with van der Waals surface area (Å²) in [4.78, 5) is 12.1. The van der Waals surface area contributed by atoms with E-state index in [0.717, 1.165) is 17.9 Å². The Balaban J connectivity index is 2.76. The van der Waals surface area contributed by atoms with Gasteiger partial charge in [0.25, 0.3) is 0 Å². The molecule has 0 radical (unpaired) electrons. The molecule has 4 nitrogen and oxygen atoms in total. The Bertz CT molecular complexity index is 365. The molecule has 0 aliphatic rings. The Kier molecular flexibility index (Phi) is 1.31. The van der Waals surface area contributed by atoms with Gasteiger partial charge in [-0.1, -0.05) is 6.92 Å². The van der Waals surface area contributed by atoms with Crippen molar-refractivity contribution in [3.63, 3.8) is 0 Å². The number of fused-ring (bicyclic) bond motifs is 1. The number of imidazole rings is 1. The van der Waals surface area contributed by atoms with Gasteiger partial charge in [-0.15, -0.1) is 0 Å². The molecule has 0 aliphatic carbocycles.